The molecule has 2 aromatic heterocycles. The normalized spacial score (nSPS) is 10.7. The van der Waals surface area contributed by atoms with Gasteiger partial charge in [-0.3, -0.25) is 4.98 Å². The molecule has 3 N–H and O–H groups in total. The van der Waals surface area contributed by atoms with Crippen molar-refractivity contribution in [3.63, 3.8) is 0 Å². The summed E-state index contributed by atoms with van der Waals surface area (Å²) in [6.45, 7) is 0. The fraction of sp³-hybridized carbons (Fsp3) is 0.0714. The number of benzene rings is 1. The predicted molar refractivity (Wildman–Crippen MR) is 81.7 cm³/mol. The van der Waals surface area contributed by atoms with E-state index in [0.717, 1.165) is 22.0 Å². The summed E-state index contributed by atoms with van der Waals surface area (Å²) in [6.07, 6.45) is 1.75. The van der Waals surface area contributed by atoms with Gasteiger partial charge in [0.25, 0.3) is 0 Å². The zero-order chi connectivity index (χ0) is 14.1. The number of fused-ring (bicyclic) bond motifs is 1. The second-order valence-electron chi connectivity index (χ2n) is 4.31. The van der Waals surface area contributed by atoms with Crippen molar-refractivity contribution < 1.29 is 0 Å². The Morgan fingerprint density at radius 1 is 1.15 bits per heavy atom. The summed E-state index contributed by atoms with van der Waals surface area (Å²) >= 11 is 6.09. The van der Waals surface area contributed by atoms with E-state index in [4.69, 9.17) is 17.3 Å². The van der Waals surface area contributed by atoms with E-state index in [0.29, 0.717) is 16.7 Å². The lowest BCUT2D eigenvalue weighted by Gasteiger charge is -2.10. The van der Waals surface area contributed by atoms with Crippen molar-refractivity contribution >= 4 is 34.0 Å². The molecule has 0 bridgehead atoms. The highest BCUT2D eigenvalue weighted by molar-refractivity contribution is 6.31. The zero-order valence-corrected chi connectivity index (χ0v) is 11.5. The maximum Gasteiger partial charge on any atom is 0.158 e. The molecule has 0 unspecified atom stereocenters. The number of anilines is 2. The Hall–Kier alpha value is -2.40. The molecule has 0 atom stereocenters. The van der Waals surface area contributed by atoms with Crippen LogP contribution in [0.1, 0.15) is 0 Å². The van der Waals surface area contributed by atoms with Gasteiger partial charge >= 0.3 is 0 Å². The molecule has 3 aromatic rings. The molecule has 1 aromatic carbocycles. The number of halogens is 1. The van der Waals surface area contributed by atoms with Crippen molar-refractivity contribution in [1.29, 1.82) is 0 Å². The van der Waals surface area contributed by atoms with Crippen LogP contribution in [0.5, 0.6) is 0 Å². The lowest BCUT2D eigenvalue weighted by Crippen LogP contribution is -2.02. The van der Waals surface area contributed by atoms with Crippen molar-refractivity contribution in [2.24, 2.45) is 0 Å². The van der Waals surface area contributed by atoms with Gasteiger partial charge in [-0.05, 0) is 29.7 Å². The van der Waals surface area contributed by atoms with Gasteiger partial charge in [0.2, 0.25) is 0 Å². The van der Waals surface area contributed by atoms with Crippen LogP contribution in [-0.2, 0) is 0 Å². The molecular formula is C14H12ClN5. The highest BCUT2D eigenvalue weighted by Crippen LogP contribution is 2.32. The molecule has 6 heteroatoms. The Morgan fingerprint density at radius 2 is 2.00 bits per heavy atom. The van der Waals surface area contributed by atoms with E-state index in [9.17, 15) is 0 Å². The number of hydrogen-bond acceptors (Lipinski definition) is 5. The van der Waals surface area contributed by atoms with Crippen molar-refractivity contribution in [1.82, 2.24) is 15.2 Å². The van der Waals surface area contributed by atoms with Gasteiger partial charge in [0.15, 0.2) is 5.82 Å². The Bertz CT molecular complexity index is 788. The molecule has 2 heterocycles. The number of nitrogen functional groups attached to an aromatic ring is 1. The van der Waals surface area contributed by atoms with Gasteiger partial charge in [-0.15, -0.1) is 10.2 Å². The van der Waals surface area contributed by atoms with Crippen molar-refractivity contribution in [3.05, 3.63) is 41.6 Å². The highest BCUT2D eigenvalue weighted by Gasteiger charge is 2.12. The Labute approximate surface area is 120 Å². The number of nitrogens with zero attached hydrogens (tertiary/aromatic N) is 3. The van der Waals surface area contributed by atoms with Crippen LogP contribution in [0, 0.1) is 0 Å². The molecule has 100 valence electrons. The molecule has 0 saturated carbocycles. The fourth-order valence-electron chi connectivity index (χ4n) is 2.13. The first-order chi connectivity index (χ1) is 9.69. The Morgan fingerprint density at radius 3 is 2.80 bits per heavy atom. The van der Waals surface area contributed by atoms with E-state index in [1.54, 1.807) is 19.3 Å². The van der Waals surface area contributed by atoms with Crippen molar-refractivity contribution in [2.45, 2.75) is 0 Å². The number of nitrogens with two attached hydrogens (primary N) is 1. The van der Waals surface area contributed by atoms with E-state index in [-0.39, 0.29) is 0 Å². The lowest BCUT2D eigenvalue weighted by molar-refractivity contribution is 1.04. The Balaban J connectivity index is 2.34. The van der Waals surface area contributed by atoms with E-state index in [1.807, 2.05) is 24.3 Å². The second-order valence-corrected chi connectivity index (χ2v) is 4.74. The maximum atomic E-state index is 6.09. The van der Waals surface area contributed by atoms with Gasteiger partial charge < -0.3 is 11.1 Å². The van der Waals surface area contributed by atoms with Gasteiger partial charge in [0, 0.05) is 29.2 Å². The minimum absolute atomic E-state index is 0.347. The largest absolute Gasteiger partial charge is 0.382 e. The maximum absolute atomic E-state index is 6.09. The summed E-state index contributed by atoms with van der Waals surface area (Å²) in [4.78, 5) is 4.45. The molecule has 0 aliphatic heterocycles. The number of pyridine rings is 1. The minimum atomic E-state index is 0.347. The van der Waals surface area contributed by atoms with E-state index in [2.05, 4.69) is 20.5 Å². The fourth-order valence-corrected chi connectivity index (χ4v) is 2.30. The van der Waals surface area contributed by atoms with E-state index >= 15 is 0 Å². The average molecular weight is 286 g/mol. The quantitative estimate of drug-likeness (QED) is 0.757. The molecule has 0 aliphatic carbocycles. The summed E-state index contributed by atoms with van der Waals surface area (Å²) in [5.41, 5.74) is 7.31. The average Bonchev–Trinajstić information content (AvgIpc) is 2.46. The number of hydrogen-bond donors (Lipinski definition) is 2. The first-order valence-electron chi connectivity index (χ1n) is 6.04. The van der Waals surface area contributed by atoms with Crippen LogP contribution < -0.4 is 11.1 Å². The summed E-state index contributed by atoms with van der Waals surface area (Å²) < 4.78 is 0. The van der Waals surface area contributed by atoms with Crippen molar-refractivity contribution in [2.75, 3.05) is 18.1 Å². The van der Waals surface area contributed by atoms with Crippen LogP contribution in [-0.4, -0.2) is 22.2 Å². The van der Waals surface area contributed by atoms with Gasteiger partial charge in [-0.25, -0.2) is 0 Å². The number of nitrogens with one attached hydrogen (secondary N) is 1. The SMILES string of the molecule is CNc1nnc(N)cc1-c1nccc2ccc(Cl)cc12. The third-order valence-electron chi connectivity index (χ3n) is 3.03. The van der Waals surface area contributed by atoms with Gasteiger partial charge in [0.1, 0.15) is 5.82 Å². The molecule has 3 rings (SSSR count). The standard InChI is InChI=1S/C14H12ClN5/c1-17-14-11(7-12(16)19-20-14)13-10-6-9(15)3-2-8(10)4-5-18-13/h2-7H,1H3,(H2,16,19)(H,17,20). The summed E-state index contributed by atoms with van der Waals surface area (Å²) in [5, 5.41) is 13.5. The van der Waals surface area contributed by atoms with Crippen LogP contribution in [0.25, 0.3) is 22.0 Å². The predicted octanol–water partition coefficient (Wildman–Crippen LogP) is 2.97. The monoisotopic (exact) mass is 285 g/mol. The molecule has 0 fully saturated rings. The highest BCUT2D eigenvalue weighted by atomic mass is 35.5. The Kier molecular flexibility index (Phi) is 3.12. The first-order valence-corrected chi connectivity index (χ1v) is 6.42. The minimum Gasteiger partial charge on any atom is -0.382 e. The van der Waals surface area contributed by atoms with Crippen LogP contribution >= 0.6 is 11.6 Å². The smallest absolute Gasteiger partial charge is 0.158 e. The lowest BCUT2D eigenvalue weighted by atomic mass is 10.0. The molecule has 20 heavy (non-hydrogen) atoms. The van der Waals surface area contributed by atoms with Crippen molar-refractivity contribution in [3.8, 4) is 11.3 Å². The number of rotatable bonds is 2. The van der Waals surface area contributed by atoms with Gasteiger partial charge in [-0.1, -0.05) is 17.7 Å². The molecule has 0 spiro atoms. The molecule has 0 amide bonds. The first kappa shape index (κ1) is 12.6. The van der Waals surface area contributed by atoms with E-state index < -0.39 is 0 Å². The molecule has 0 aliphatic rings. The number of aromatic nitrogens is 3. The summed E-state index contributed by atoms with van der Waals surface area (Å²) in [5.74, 6) is 0.971. The third-order valence-corrected chi connectivity index (χ3v) is 3.27. The van der Waals surface area contributed by atoms with Crippen LogP contribution in [0.15, 0.2) is 36.5 Å². The van der Waals surface area contributed by atoms with Gasteiger partial charge in [-0.2, -0.15) is 0 Å². The van der Waals surface area contributed by atoms with Crippen LogP contribution in [0.3, 0.4) is 0 Å². The van der Waals surface area contributed by atoms with Gasteiger partial charge in [0.05, 0.1) is 5.69 Å². The molecule has 0 radical (unpaired) electrons. The third kappa shape index (κ3) is 2.12. The second kappa shape index (κ2) is 4.94. The summed E-state index contributed by atoms with van der Waals surface area (Å²) in [7, 11) is 1.78. The topological polar surface area (TPSA) is 76.7 Å². The summed E-state index contributed by atoms with van der Waals surface area (Å²) in [6, 6.07) is 9.38. The zero-order valence-electron chi connectivity index (χ0n) is 10.8. The molecule has 0 saturated heterocycles. The van der Waals surface area contributed by atoms with E-state index in [1.165, 1.54) is 0 Å². The molecular weight excluding hydrogens is 274 g/mol. The molecule has 5 nitrogen and oxygen atoms in total. The van der Waals surface area contributed by atoms with Crippen LogP contribution in [0.2, 0.25) is 5.02 Å². The van der Waals surface area contributed by atoms with Crippen LogP contribution in [0.4, 0.5) is 11.6 Å².